The van der Waals surface area contributed by atoms with Gasteiger partial charge in [0.1, 0.15) is 0 Å². The van der Waals surface area contributed by atoms with E-state index in [0.29, 0.717) is 5.41 Å². The van der Waals surface area contributed by atoms with E-state index in [1.165, 1.54) is 25.8 Å². The van der Waals surface area contributed by atoms with Crippen molar-refractivity contribution in [1.82, 2.24) is 4.90 Å². The fourth-order valence-corrected chi connectivity index (χ4v) is 2.81. The fourth-order valence-electron chi connectivity index (χ4n) is 2.81. The summed E-state index contributed by atoms with van der Waals surface area (Å²) < 4.78 is 0. The molecule has 0 amide bonds. The number of rotatable bonds is 2. The molecule has 2 aliphatic rings. The molecule has 1 heterocycles. The normalized spacial score (nSPS) is 35.6. The molecule has 2 nitrogen and oxygen atoms in total. The second-order valence-corrected chi connectivity index (χ2v) is 6.04. The van der Waals surface area contributed by atoms with Crippen LogP contribution in [0, 0.1) is 5.41 Å². The molecule has 1 aliphatic heterocycles. The number of aliphatic hydroxyl groups excluding tert-OH is 1. The molecule has 0 aromatic heterocycles. The van der Waals surface area contributed by atoms with Gasteiger partial charge in [-0.3, -0.25) is 4.90 Å². The number of aliphatic hydroxyl groups is 1. The lowest BCUT2D eigenvalue weighted by Crippen LogP contribution is -2.50. The highest BCUT2D eigenvalue weighted by atomic mass is 16.3. The second kappa shape index (κ2) is 3.21. The Labute approximate surface area is 87.3 Å². The summed E-state index contributed by atoms with van der Waals surface area (Å²) >= 11 is 0. The zero-order valence-electron chi connectivity index (χ0n) is 9.71. The van der Waals surface area contributed by atoms with Crippen molar-refractivity contribution in [3.8, 4) is 0 Å². The maximum Gasteiger partial charge on any atom is 0.0730 e. The lowest BCUT2D eigenvalue weighted by molar-refractivity contribution is 0.00961. The van der Waals surface area contributed by atoms with Gasteiger partial charge in [0.2, 0.25) is 0 Å². The molecule has 14 heavy (non-hydrogen) atoms. The van der Waals surface area contributed by atoms with Crippen molar-refractivity contribution in [1.29, 1.82) is 0 Å². The maximum atomic E-state index is 9.87. The quantitative estimate of drug-likeness (QED) is 0.732. The van der Waals surface area contributed by atoms with Gasteiger partial charge in [0.05, 0.1) is 6.10 Å². The van der Waals surface area contributed by atoms with Gasteiger partial charge in [0.15, 0.2) is 0 Å². The molecule has 0 spiro atoms. The molecule has 2 heteroatoms. The van der Waals surface area contributed by atoms with Gasteiger partial charge in [-0.25, -0.2) is 0 Å². The highest BCUT2D eigenvalue weighted by Gasteiger charge is 2.44. The van der Waals surface area contributed by atoms with Gasteiger partial charge in [-0.1, -0.05) is 13.3 Å². The van der Waals surface area contributed by atoms with Crippen LogP contribution in [0.3, 0.4) is 0 Å². The van der Waals surface area contributed by atoms with E-state index in [0.717, 1.165) is 13.0 Å². The largest absolute Gasteiger partial charge is 0.391 e. The lowest BCUT2D eigenvalue weighted by atomic mass is 9.70. The van der Waals surface area contributed by atoms with Crippen molar-refractivity contribution in [3.63, 3.8) is 0 Å². The molecule has 0 aromatic carbocycles. The van der Waals surface area contributed by atoms with Gasteiger partial charge in [-0.15, -0.1) is 0 Å². The van der Waals surface area contributed by atoms with Crippen LogP contribution in [0.25, 0.3) is 0 Å². The summed E-state index contributed by atoms with van der Waals surface area (Å²) in [4.78, 5) is 2.48. The Morgan fingerprint density at radius 3 is 2.29 bits per heavy atom. The summed E-state index contributed by atoms with van der Waals surface area (Å²) in [5, 5.41) is 9.87. The SMILES string of the molecule is CC1(CN2CCC(O)C2(C)C)CCC1. The van der Waals surface area contributed by atoms with Crippen LogP contribution in [0.4, 0.5) is 0 Å². The third-order valence-corrected chi connectivity index (χ3v) is 4.44. The van der Waals surface area contributed by atoms with Gasteiger partial charge in [-0.05, 0) is 38.5 Å². The Hall–Kier alpha value is -0.0800. The maximum absolute atomic E-state index is 9.87. The topological polar surface area (TPSA) is 23.5 Å². The highest BCUT2D eigenvalue weighted by molar-refractivity contribution is 4.99. The fraction of sp³-hybridized carbons (Fsp3) is 1.00. The van der Waals surface area contributed by atoms with Crippen molar-refractivity contribution in [3.05, 3.63) is 0 Å². The Morgan fingerprint density at radius 2 is 1.93 bits per heavy atom. The summed E-state index contributed by atoms with van der Waals surface area (Å²) in [6.07, 6.45) is 4.95. The molecule has 0 aromatic rings. The van der Waals surface area contributed by atoms with E-state index in [1.807, 2.05) is 0 Å². The minimum absolute atomic E-state index is 0.00139. The van der Waals surface area contributed by atoms with Gasteiger partial charge in [-0.2, -0.15) is 0 Å². The van der Waals surface area contributed by atoms with Crippen molar-refractivity contribution < 1.29 is 5.11 Å². The van der Waals surface area contributed by atoms with E-state index in [-0.39, 0.29) is 11.6 Å². The van der Waals surface area contributed by atoms with Crippen molar-refractivity contribution in [2.75, 3.05) is 13.1 Å². The number of nitrogens with zero attached hydrogens (tertiary/aromatic N) is 1. The molecule has 0 bridgehead atoms. The molecule has 1 unspecified atom stereocenters. The first kappa shape index (κ1) is 10.4. The standard InChI is InChI=1S/C12H23NO/c1-11(2)10(14)5-8-13(11)9-12(3)6-4-7-12/h10,14H,4-9H2,1-3H3. The first-order valence-electron chi connectivity index (χ1n) is 5.87. The lowest BCUT2D eigenvalue weighted by Gasteiger charge is -2.45. The van der Waals surface area contributed by atoms with Gasteiger partial charge in [0, 0.05) is 18.6 Å². The van der Waals surface area contributed by atoms with Gasteiger partial charge >= 0.3 is 0 Å². The average molecular weight is 197 g/mol. The van der Waals surface area contributed by atoms with Crippen LogP contribution < -0.4 is 0 Å². The summed E-state index contributed by atoms with van der Waals surface area (Å²) in [5.74, 6) is 0. The molecular weight excluding hydrogens is 174 g/mol. The second-order valence-electron chi connectivity index (χ2n) is 6.04. The van der Waals surface area contributed by atoms with Crippen molar-refractivity contribution in [2.45, 2.75) is 58.1 Å². The molecule has 82 valence electrons. The van der Waals surface area contributed by atoms with E-state index in [9.17, 15) is 5.11 Å². The third-order valence-electron chi connectivity index (χ3n) is 4.44. The summed E-state index contributed by atoms with van der Waals surface area (Å²) in [6, 6.07) is 0. The van der Waals surface area contributed by atoms with Gasteiger partial charge < -0.3 is 5.11 Å². The zero-order chi connectivity index (χ0) is 10.4. The van der Waals surface area contributed by atoms with Crippen LogP contribution in [-0.2, 0) is 0 Å². The Morgan fingerprint density at radius 1 is 1.29 bits per heavy atom. The number of likely N-dealkylation sites (tertiary alicyclic amines) is 1. The minimum atomic E-state index is -0.133. The Kier molecular flexibility index (Phi) is 2.39. The van der Waals surface area contributed by atoms with Crippen LogP contribution in [-0.4, -0.2) is 34.7 Å². The molecule has 0 radical (unpaired) electrons. The van der Waals surface area contributed by atoms with Crippen LogP contribution in [0.5, 0.6) is 0 Å². The van der Waals surface area contributed by atoms with Crippen molar-refractivity contribution in [2.24, 2.45) is 5.41 Å². The summed E-state index contributed by atoms with van der Waals surface area (Å²) in [6.45, 7) is 8.98. The van der Waals surface area contributed by atoms with E-state index in [4.69, 9.17) is 0 Å². The van der Waals surface area contributed by atoms with Crippen LogP contribution in [0.1, 0.15) is 46.5 Å². The first-order chi connectivity index (χ1) is 6.44. The van der Waals surface area contributed by atoms with E-state index >= 15 is 0 Å². The predicted molar refractivity (Wildman–Crippen MR) is 58.2 cm³/mol. The van der Waals surface area contributed by atoms with Gasteiger partial charge in [0.25, 0.3) is 0 Å². The minimum Gasteiger partial charge on any atom is -0.391 e. The highest BCUT2D eigenvalue weighted by Crippen LogP contribution is 2.43. The summed E-state index contributed by atoms with van der Waals surface area (Å²) in [5.41, 5.74) is 0.542. The zero-order valence-corrected chi connectivity index (χ0v) is 9.71. The smallest absolute Gasteiger partial charge is 0.0730 e. The molecule has 1 N–H and O–H groups in total. The summed E-state index contributed by atoms with van der Waals surface area (Å²) in [7, 11) is 0. The Bertz CT molecular complexity index is 220. The molecule has 2 rings (SSSR count). The van der Waals surface area contributed by atoms with Crippen molar-refractivity contribution >= 4 is 0 Å². The first-order valence-corrected chi connectivity index (χ1v) is 5.87. The molecule has 1 atom stereocenters. The predicted octanol–water partition coefficient (Wildman–Crippen LogP) is 2.02. The van der Waals surface area contributed by atoms with Crippen LogP contribution in [0.15, 0.2) is 0 Å². The Balaban J connectivity index is 1.98. The third kappa shape index (κ3) is 1.59. The van der Waals surface area contributed by atoms with E-state index in [1.54, 1.807) is 0 Å². The molecule has 2 fully saturated rings. The van der Waals surface area contributed by atoms with Crippen LogP contribution in [0.2, 0.25) is 0 Å². The molecule has 1 saturated carbocycles. The van der Waals surface area contributed by atoms with E-state index in [2.05, 4.69) is 25.7 Å². The molecule has 1 aliphatic carbocycles. The number of hydrogen-bond acceptors (Lipinski definition) is 2. The average Bonchev–Trinajstić information content (AvgIpc) is 2.29. The monoisotopic (exact) mass is 197 g/mol. The molecular formula is C12H23NO. The van der Waals surface area contributed by atoms with E-state index < -0.39 is 0 Å². The van der Waals surface area contributed by atoms with Crippen LogP contribution >= 0.6 is 0 Å². The number of hydrogen-bond donors (Lipinski definition) is 1. The molecule has 1 saturated heterocycles.